The summed E-state index contributed by atoms with van der Waals surface area (Å²) in [5.74, 6) is 3.19. The maximum atomic E-state index is 11.6. The van der Waals surface area contributed by atoms with Gasteiger partial charge in [-0.05, 0) is 31.4 Å². The number of ether oxygens (including phenoxy) is 2. The molecule has 18 heavy (non-hydrogen) atoms. The summed E-state index contributed by atoms with van der Waals surface area (Å²) in [6, 6.07) is 8.87. The SMILES string of the molecule is C#C[C@H]1CCCC[C@@H]1OC(=O)Oc1ccccc1. The molecule has 3 nitrogen and oxygen atoms in total. The van der Waals surface area contributed by atoms with Crippen LogP contribution in [0.15, 0.2) is 30.3 Å². The number of para-hydroxylation sites is 1. The molecule has 0 aliphatic heterocycles. The van der Waals surface area contributed by atoms with E-state index in [1.807, 2.05) is 6.07 Å². The van der Waals surface area contributed by atoms with Crippen molar-refractivity contribution in [3.8, 4) is 18.1 Å². The van der Waals surface area contributed by atoms with Crippen molar-refractivity contribution in [3.05, 3.63) is 30.3 Å². The molecular weight excluding hydrogens is 228 g/mol. The van der Waals surface area contributed by atoms with Gasteiger partial charge < -0.3 is 9.47 Å². The smallest absolute Gasteiger partial charge is 0.429 e. The molecule has 0 N–H and O–H groups in total. The highest BCUT2D eigenvalue weighted by Crippen LogP contribution is 2.26. The van der Waals surface area contributed by atoms with Crippen LogP contribution in [-0.2, 0) is 4.74 Å². The van der Waals surface area contributed by atoms with Gasteiger partial charge in [0.25, 0.3) is 0 Å². The summed E-state index contributed by atoms with van der Waals surface area (Å²) in [5.41, 5.74) is 0. The van der Waals surface area contributed by atoms with Crippen LogP contribution in [0.25, 0.3) is 0 Å². The molecule has 94 valence electrons. The molecule has 2 atom stereocenters. The average Bonchev–Trinajstić information content (AvgIpc) is 2.40. The fraction of sp³-hybridized carbons (Fsp3) is 0.400. The van der Waals surface area contributed by atoms with Gasteiger partial charge in [0.15, 0.2) is 0 Å². The second-order valence-electron chi connectivity index (χ2n) is 4.38. The topological polar surface area (TPSA) is 35.5 Å². The zero-order valence-electron chi connectivity index (χ0n) is 10.2. The van der Waals surface area contributed by atoms with Gasteiger partial charge in [0.1, 0.15) is 11.9 Å². The van der Waals surface area contributed by atoms with Crippen molar-refractivity contribution < 1.29 is 14.3 Å². The van der Waals surface area contributed by atoms with E-state index in [1.54, 1.807) is 24.3 Å². The lowest BCUT2D eigenvalue weighted by molar-refractivity contribution is 0.0255. The van der Waals surface area contributed by atoms with Gasteiger partial charge in [-0.3, -0.25) is 0 Å². The van der Waals surface area contributed by atoms with E-state index >= 15 is 0 Å². The second-order valence-corrected chi connectivity index (χ2v) is 4.38. The molecule has 1 aromatic carbocycles. The van der Waals surface area contributed by atoms with Crippen LogP contribution in [0.1, 0.15) is 25.7 Å². The van der Waals surface area contributed by atoms with Crippen molar-refractivity contribution in [2.24, 2.45) is 5.92 Å². The Morgan fingerprint density at radius 1 is 1.22 bits per heavy atom. The number of carbonyl (C=O) groups is 1. The van der Waals surface area contributed by atoms with Gasteiger partial charge in [0, 0.05) is 0 Å². The molecule has 0 bridgehead atoms. The van der Waals surface area contributed by atoms with Crippen LogP contribution < -0.4 is 4.74 Å². The molecule has 0 heterocycles. The quantitative estimate of drug-likeness (QED) is 0.454. The van der Waals surface area contributed by atoms with Crippen molar-refractivity contribution in [1.82, 2.24) is 0 Å². The Morgan fingerprint density at radius 3 is 2.67 bits per heavy atom. The minimum Gasteiger partial charge on any atom is -0.429 e. The lowest BCUT2D eigenvalue weighted by atomic mass is 9.87. The molecule has 1 aliphatic carbocycles. The van der Waals surface area contributed by atoms with Crippen molar-refractivity contribution in [2.75, 3.05) is 0 Å². The van der Waals surface area contributed by atoms with Gasteiger partial charge in [0.05, 0.1) is 5.92 Å². The van der Waals surface area contributed by atoms with E-state index in [0.717, 1.165) is 25.7 Å². The first-order chi connectivity index (χ1) is 8.79. The normalized spacial score (nSPS) is 22.8. The third-order valence-corrected chi connectivity index (χ3v) is 3.11. The Balaban J connectivity index is 1.89. The van der Waals surface area contributed by atoms with Crippen molar-refractivity contribution in [2.45, 2.75) is 31.8 Å². The molecule has 3 heteroatoms. The summed E-state index contributed by atoms with van der Waals surface area (Å²) in [7, 11) is 0. The molecule has 0 radical (unpaired) electrons. The number of hydrogen-bond donors (Lipinski definition) is 0. The molecule has 0 amide bonds. The molecule has 1 aliphatic rings. The Kier molecular flexibility index (Phi) is 4.25. The molecule has 0 unspecified atom stereocenters. The monoisotopic (exact) mass is 244 g/mol. The summed E-state index contributed by atoms with van der Waals surface area (Å²) >= 11 is 0. The predicted octanol–water partition coefficient (Wildman–Crippen LogP) is 3.39. The van der Waals surface area contributed by atoms with E-state index in [4.69, 9.17) is 15.9 Å². The number of carbonyl (C=O) groups excluding carboxylic acids is 1. The standard InChI is InChI=1S/C15H16O3/c1-2-12-8-6-7-11-14(12)18-15(16)17-13-9-4-3-5-10-13/h1,3-5,9-10,12,14H,6-8,11H2/t12-,14-/m0/s1. The highest BCUT2D eigenvalue weighted by atomic mass is 16.7. The summed E-state index contributed by atoms with van der Waals surface area (Å²) in [6.45, 7) is 0. The molecule has 1 fully saturated rings. The van der Waals surface area contributed by atoms with Gasteiger partial charge in [-0.1, -0.05) is 30.5 Å². The zero-order valence-corrected chi connectivity index (χ0v) is 10.2. The van der Waals surface area contributed by atoms with Crippen molar-refractivity contribution >= 4 is 6.16 Å². The third-order valence-electron chi connectivity index (χ3n) is 3.11. The van der Waals surface area contributed by atoms with Crippen LogP contribution >= 0.6 is 0 Å². The zero-order chi connectivity index (χ0) is 12.8. The third kappa shape index (κ3) is 3.27. The fourth-order valence-corrected chi connectivity index (χ4v) is 2.16. The maximum absolute atomic E-state index is 11.6. The van der Waals surface area contributed by atoms with E-state index in [9.17, 15) is 4.79 Å². The van der Waals surface area contributed by atoms with Crippen molar-refractivity contribution in [3.63, 3.8) is 0 Å². The predicted molar refractivity (Wildman–Crippen MR) is 68.1 cm³/mol. The molecule has 0 spiro atoms. The summed E-state index contributed by atoms with van der Waals surface area (Å²) in [4.78, 5) is 11.6. The molecule has 0 aromatic heterocycles. The van der Waals surface area contributed by atoms with E-state index in [1.165, 1.54) is 0 Å². The van der Waals surface area contributed by atoms with Crippen LogP contribution in [0, 0.1) is 18.3 Å². The first-order valence-corrected chi connectivity index (χ1v) is 6.19. The summed E-state index contributed by atoms with van der Waals surface area (Å²) in [5, 5.41) is 0. The van der Waals surface area contributed by atoms with E-state index in [0.29, 0.717) is 5.75 Å². The van der Waals surface area contributed by atoms with Crippen LogP contribution in [-0.4, -0.2) is 12.3 Å². The fourth-order valence-electron chi connectivity index (χ4n) is 2.16. The Labute approximate surface area is 107 Å². The van der Waals surface area contributed by atoms with Gasteiger partial charge in [-0.15, -0.1) is 6.42 Å². The largest absolute Gasteiger partial charge is 0.514 e. The van der Waals surface area contributed by atoms with Crippen LogP contribution in [0.4, 0.5) is 4.79 Å². The van der Waals surface area contributed by atoms with Crippen LogP contribution in [0.2, 0.25) is 0 Å². The van der Waals surface area contributed by atoms with Gasteiger partial charge >= 0.3 is 6.16 Å². The first-order valence-electron chi connectivity index (χ1n) is 6.19. The van der Waals surface area contributed by atoms with Gasteiger partial charge in [-0.25, -0.2) is 4.79 Å². The molecule has 2 rings (SSSR count). The Hall–Kier alpha value is -1.95. The van der Waals surface area contributed by atoms with Crippen molar-refractivity contribution in [1.29, 1.82) is 0 Å². The molecule has 1 aromatic rings. The minimum atomic E-state index is -0.673. The lowest BCUT2D eigenvalue weighted by Gasteiger charge is -2.26. The van der Waals surface area contributed by atoms with E-state index in [2.05, 4.69) is 5.92 Å². The number of benzene rings is 1. The highest BCUT2D eigenvalue weighted by molar-refractivity contribution is 5.64. The number of terminal acetylenes is 1. The van der Waals surface area contributed by atoms with E-state index < -0.39 is 6.16 Å². The Bertz CT molecular complexity index is 433. The minimum absolute atomic E-state index is 0.0158. The van der Waals surface area contributed by atoms with Crippen LogP contribution in [0.3, 0.4) is 0 Å². The summed E-state index contributed by atoms with van der Waals surface area (Å²) in [6.07, 6.45) is 8.44. The first kappa shape index (κ1) is 12.5. The van der Waals surface area contributed by atoms with E-state index in [-0.39, 0.29) is 12.0 Å². The van der Waals surface area contributed by atoms with Gasteiger partial charge in [0.2, 0.25) is 0 Å². The second kappa shape index (κ2) is 6.11. The highest BCUT2D eigenvalue weighted by Gasteiger charge is 2.27. The van der Waals surface area contributed by atoms with Gasteiger partial charge in [-0.2, -0.15) is 0 Å². The Morgan fingerprint density at radius 2 is 1.94 bits per heavy atom. The maximum Gasteiger partial charge on any atom is 0.514 e. The molecule has 0 saturated heterocycles. The molecule has 1 saturated carbocycles. The number of rotatable bonds is 2. The van der Waals surface area contributed by atoms with Crippen LogP contribution in [0.5, 0.6) is 5.75 Å². The molecular formula is C15H16O3. The average molecular weight is 244 g/mol. The number of hydrogen-bond acceptors (Lipinski definition) is 3. The lowest BCUT2D eigenvalue weighted by Crippen LogP contribution is -2.30. The summed E-state index contributed by atoms with van der Waals surface area (Å²) < 4.78 is 10.4.